The van der Waals surface area contributed by atoms with Gasteiger partial charge in [-0.25, -0.2) is 14.4 Å². The molecule has 1 N–H and O–H groups in total. The van der Waals surface area contributed by atoms with Crippen molar-refractivity contribution < 1.29 is 27.2 Å². The summed E-state index contributed by atoms with van der Waals surface area (Å²) >= 11 is 0. The highest BCUT2D eigenvalue weighted by molar-refractivity contribution is 5.92. The van der Waals surface area contributed by atoms with Gasteiger partial charge in [-0.15, -0.1) is 0 Å². The molecule has 3 rings (SSSR count). The zero-order valence-electron chi connectivity index (χ0n) is 14.0. The van der Waals surface area contributed by atoms with Crippen molar-refractivity contribution in [1.29, 1.82) is 0 Å². The van der Waals surface area contributed by atoms with E-state index in [9.17, 15) is 27.2 Å². The molecule has 1 amide bonds. The highest BCUT2D eigenvalue weighted by Gasteiger charge is 2.34. The maximum atomic E-state index is 14.0. The fourth-order valence-corrected chi connectivity index (χ4v) is 2.52. The van der Waals surface area contributed by atoms with Gasteiger partial charge >= 0.3 is 6.18 Å². The lowest BCUT2D eigenvalue weighted by Crippen LogP contribution is -2.25. The first-order valence-corrected chi connectivity index (χ1v) is 8.23. The van der Waals surface area contributed by atoms with Gasteiger partial charge in [0.1, 0.15) is 23.1 Å². The van der Waals surface area contributed by atoms with E-state index in [1.54, 1.807) is 0 Å². The normalized spacial score (nSPS) is 14.1. The summed E-state index contributed by atoms with van der Waals surface area (Å²) in [5, 5.41) is 2.33. The first-order chi connectivity index (χ1) is 12.8. The number of amides is 1. The van der Waals surface area contributed by atoms with Crippen molar-refractivity contribution in [1.82, 2.24) is 15.3 Å². The van der Waals surface area contributed by atoms with Crippen molar-refractivity contribution in [3.8, 4) is 0 Å². The van der Waals surface area contributed by atoms with Gasteiger partial charge in [0, 0.05) is 24.2 Å². The Morgan fingerprint density at radius 1 is 1.19 bits per heavy atom. The number of nitrogens with one attached hydrogen (secondary N) is 1. The van der Waals surface area contributed by atoms with Crippen molar-refractivity contribution in [3.63, 3.8) is 0 Å². The van der Waals surface area contributed by atoms with Crippen molar-refractivity contribution in [2.75, 3.05) is 0 Å². The van der Waals surface area contributed by atoms with E-state index in [0.717, 1.165) is 25.0 Å². The zero-order valence-corrected chi connectivity index (χ0v) is 14.0. The maximum Gasteiger partial charge on any atom is 0.419 e. The molecule has 1 heterocycles. The Kier molecular flexibility index (Phi) is 5.20. The van der Waals surface area contributed by atoms with Crippen LogP contribution in [0.25, 0.3) is 0 Å². The summed E-state index contributed by atoms with van der Waals surface area (Å²) < 4.78 is 52.2. The molecule has 0 saturated heterocycles. The summed E-state index contributed by atoms with van der Waals surface area (Å²) in [6.07, 6.45) is -1.78. The summed E-state index contributed by atoms with van der Waals surface area (Å²) in [7, 11) is 0. The molecule has 1 aliphatic carbocycles. The first-order valence-electron chi connectivity index (χ1n) is 8.23. The van der Waals surface area contributed by atoms with E-state index in [4.69, 9.17) is 0 Å². The highest BCUT2D eigenvalue weighted by Crippen LogP contribution is 2.32. The minimum Gasteiger partial charge on any atom is -0.347 e. The third-order valence-corrected chi connectivity index (χ3v) is 4.13. The summed E-state index contributed by atoms with van der Waals surface area (Å²) in [6.45, 7) is -0.436. The van der Waals surface area contributed by atoms with Crippen LogP contribution in [0.4, 0.5) is 17.6 Å². The number of carbonyl (C=O) groups is 2. The molecule has 0 aliphatic heterocycles. The Hall–Kier alpha value is -2.84. The molecule has 1 aromatic carbocycles. The fraction of sp³-hybridized carbons (Fsp3) is 0.333. The Labute approximate surface area is 151 Å². The van der Waals surface area contributed by atoms with Crippen LogP contribution < -0.4 is 5.32 Å². The van der Waals surface area contributed by atoms with Crippen molar-refractivity contribution >= 4 is 11.7 Å². The standard InChI is InChI=1S/C18H15F4N3O2/c19-16-11(2-1-3-12(16)18(20,21)22)9-24-17(27)13-6-7-23-15(25-13)8-14(26)10-4-5-10/h1-3,6-7,10H,4-5,8-9H2,(H,24,27). The number of benzene rings is 1. The van der Waals surface area contributed by atoms with E-state index < -0.39 is 30.0 Å². The number of ketones is 1. The van der Waals surface area contributed by atoms with E-state index in [1.165, 1.54) is 12.3 Å². The molecule has 0 atom stereocenters. The number of nitrogens with zero attached hydrogens (tertiary/aromatic N) is 2. The Balaban J connectivity index is 1.67. The third kappa shape index (κ3) is 4.66. The minimum atomic E-state index is -4.82. The molecular formula is C18H15F4N3O2. The predicted molar refractivity (Wildman–Crippen MR) is 86.0 cm³/mol. The van der Waals surface area contributed by atoms with Crippen LogP contribution >= 0.6 is 0 Å². The van der Waals surface area contributed by atoms with E-state index in [2.05, 4.69) is 15.3 Å². The van der Waals surface area contributed by atoms with Gasteiger partial charge in [-0.05, 0) is 25.0 Å². The second-order valence-corrected chi connectivity index (χ2v) is 6.23. The van der Waals surface area contributed by atoms with E-state index in [1.807, 2.05) is 0 Å². The molecule has 1 aliphatic rings. The van der Waals surface area contributed by atoms with Crippen LogP contribution in [0.5, 0.6) is 0 Å². The van der Waals surface area contributed by atoms with Crippen LogP contribution in [0.3, 0.4) is 0 Å². The molecule has 0 radical (unpaired) electrons. The molecule has 1 aromatic heterocycles. The number of halogens is 4. The summed E-state index contributed by atoms with van der Waals surface area (Å²) in [5.74, 6) is -1.88. The van der Waals surface area contributed by atoms with Crippen LogP contribution in [0.1, 0.15) is 40.3 Å². The fourth-order valence-electron chi connectivity index (χ4n) is 2.52. The molecule has 1 fully saturated rings. The van der Waals surface area contributed by atoms with E-state index in [0.29, 0.717) is 6.07 Å². The van der Waals surface area contributed by atoms with Gasteiger partial charge in [0.25, 0.3) is 5.91 Å². The predicted octanol–water partition coefficient (Wildman–Crippen LogP) is 3.09. The van der Waals surface area contributed by atoms with Crippen LogP contribution in [0, 0.1) is 11.7 Å². The molecule has 142 valence electrons. The van der Waals surface area contributed by atoms with E-state index in [-0.39, 0.29) is 35.2 Å². The smallest absolute Gasteiger partial charge is 0.347 e. The second kappa shape index (κ2) is 7.42. The second-order valence-electron chi connectivity index (χ2n) is 6.23. The Morgan fingerprint density at radius 2 is 1.93 bits per heavy atom. The molecule has 1 saturated carbocycles. The summed E-state index contributed by atoms with van der Waals surface area (Å²) in [5.41, 5.74) is -1.73. The van der Waals surface area contributed by atoms with Gasteiger partial charge in [-0.1, -0.05) is 12.1 Å². The van der Waals surface area contributed by atoms with Gasteiger partial charge in [-0.3, -0.25) is 9.59 Å². The molecular weight excluding hydrogens is 366 g/mol. The summed E-state index contributed by atoms with van der Waals surface area (Å²) in [4.78, 5) is 31.9. The molecule has 2 aromatic rings. The quantitative estimate of drug-likeness (QED) is 0.781. The van der Waals surface area contributed by atoms with Gasteiger partial charge < -0.3 is 5.32 Å². The third-order valence-electron chi connectivity index (χ3n) is 4.13. The van der Waals surface area contributed by atoms with Crippen LogP contribution in [0.2, 0.25) is 0 Å². The monoisotopic (exact) mass is 381 g/mol. The van der Waals surface area contributed by atoms with Gasteiger partial charge in [0.15, 0.2) is 0 Å². The van der Waals surface area contributed by atoms with Crippen LogP contribution in [-0.2, 0) is 23.9 Å². The number of rotatable bonds is 6. The average molecular weight is 381 g/mol. The van der Waals surface area contributed by atoms with Gasteiger partial charge in [0.2, 0.25) is 0 Å². The first kappa shape index (κ1) is 18.9. The Morgan fingerprint density at radius 3 is 2.59 bits per heavy atom. The molecule has 27 heavy (non-hydrogen) atoms. The number of hydrogen-bond acceptors (Lipinski definition) is 4. The lowest BCUT2D eigenvalue weighted by Gasteiger charge is -2.12. The number of aromatic nitrogens is 2. The minimum absolute atomic E-state index is 0.0126. The molecule has 0 spiro atoms. The SMILES string of the molecule is O=C(NCc1cccc(C(F)(F)F)c1F)c1ccnc(CC(=O)C2CC2)n1. The molecule has 0 unspecified atom stereocenters. The van der Waals surface area contributed by atoms with Crippen molar-refractivity contribution in [2.45, 2.75) is 32.0 Å². The van der Waals surface area contributed by atoms with Crippen molar-refractivity contribution in [2.24, 2.45) is 5.92 Å². The van der Waals surface area contributed by atoms with Crippen LogP contribution in [0.15, 0.2) is 30.5 Å². The van der Waals surface area contributed by atoms with Gasteiger partial charge in [-0.2, -0.15) is 13.2 Å². The number of Topliss-reactive ketones (excluding diaryl/α,β-unsaturated/α-hetero) is 1. The van der Waals surface area contributed by atoms with Crippen molar-refractivity contribution in [3.05, 3.63) is 58.9 Å². The van der Waals surface area contributed by atoms with Gasteiger partial charge in [0.05, 0.1) is 12.0 Å². The number of alkyl halides is 3. The maximum absolute atomic E-state index is 14.0. The lowest BCUT2D eigenvalue weighted by atomic mass is 10.1. The average Bonchev–Trinajstić information content (AvgIpc) is 3.45. The number of carbonyl (C=O) groups excluding carboxylic acids is 2. The molecule has 9 heteroatoms. The highest BCUT2D eigenvalue weighted by atomic mass is 19.4. The summed E-state index contributed by atoms with van der Waals surface area (Å²) in [6, 6.07) is 4.17. The van der Waals surface area contributed by atoms with Crippen LogP contribution in [-0.4, -0.2) is 21.7 Å². The zero-order chi connectivity index (χ0) is 19.6. The Bertz CT molecular complexity index is 879. The molecule has 0 bridgehead atoms. The number of hydrogen-bond donors (Lipinski definition) is 1. The lowest BCUT2D eigenvalue weighted by molar-refractivity contribution is -0.140. The van der Waals surface area contributed by atoms with E-state index >= 15 is 0 Å². The largest absolute Gasteiger partial charge is 0.419 e. The molecule has 5 nitrogen and oxygen atoms in total. The topological polar surface area (TPSA) is 72.0 Å².